The Kier molecular flexibility index (Phi) is 4.54. The fraction of sp³-hybridized carbons (Fsp3) is 0.778. The molecule has 0 rings (SSSR count). The van der Waals surface area contributed by atoms with Crippen LogP contribution >= 0.6 is 0 Å². The van der Waals surface area contributed by atoms with Crippen LogP contribution < -0.4 is 5.32 Å². The molecule has 0 aromatic heterocycles. The van der Waals surface area contributed by atoms with Crippen molar-refractivity contribution in [3.05, 3.63) is 0 Å². The van der Waals surface area contributed by atoms with E-state index in [2.05, 4.69) is 5.32 Å². The average Bonchev–Trinajstić information content (AvgIpc) is 2.16. The molecular formula is C9H18N2O4. The number of amides is 2. The lowest BCUT2D eigenvalue weighted by Gasteiger charge is -2.34. The Morgan fingerprint density at radius 2 is 1.93 bits per heavy atom. The number of carboxylic acids is 1. The Labute approximate surface area is 88.9 Å². The summed E-state index contributed by atoms with van der Waals surface area (Å²) in [5.41, 5.74) is -0.720. The summed E-state index contributed by atoms with van der Waals surface area (Å²) in [7, 11) is 1.50. The predicted octanol–water partition coefficient (Wildman–Crippen LogP) is -0.128. The van der Waals surface area contributed by atoms with Gasteiger partial charge in [0.2, 0.25) is 0 Å². The molecule has 0 spiro atoms. The molecule has 88 valence electrons. The Morgan fingerprint density at radius 3 is 2.27 bits per heavy atom. The van der Waals surface area contributed by atoms with Crippen molar-refractivity contribution in [2.75, 3.05) is 13.7 Å². The van der Waals surface area contributed by atoms with Crippen molar-refractivity contribution >= 4 is 12.0 Å². The third-order valence-corrected chi connectivity index (χ3v) is 2.31. The van der Waals surface area contributed by atoms with Crippen LogP contribution in [0.1, 0.15) is 20.8 Å². The van der Waals surface area contributed by atoms with Gasteiger partial charge >= 0.3 is 12.0 Å². The summed E-state index contributed by atoms with van der Waals surface area (Å²) < 4.78 is 0. The fourth-order valence-corrected chi connectivity index (χ4v) is 0.725. The van der Waals surface area contributed by atoms with Crippen molar-refractivity contribution in [1.82, 2.24) is 10.2 Å². The molecule has 0 saturated carbocycles. The minimum absolute atomic E-state index is 0.196. The number of aliphatic hydroxyl groups excluding tert-OH is 1. The second kappa shape index (κ2) is 4.97. The summed E-state index contributed by atoms with van der Waals surface area (Å²) in [5, 5.41) is 19.9. The lowest BCUT2D eigenvalue weighted by Crippen LogP contribution is -2.54. The van der Waals surface area contributed by atoms with Gasteiger partial charge in [-0.25, -0.2) is 4.79 Å². The zero-order valence-corrected chi connectivity index (χ0v) is 9.44. The number of nitrogens with one attached hydrogen (secondary N) is 1. The van der Waals surface area contributed by atoms with Gasteiger partial charge in [0.15, 0.2) is 0 Å². The Balaban J connectivity index is 4.40. The number of carbonyl (C=O) groups excluding carboxylic acids is 1. The van der Waals surface area contributed by atoms with Crippen molar-refractivity contribution in [2.45, 2.75) is 32.4 Å². The summed E-state index contributed by atoms with van der Waals surface area (Å²) in [6.45, 7) is 4.54. The Hall–Kier alpha value is -1.30. The minimum Gasteiger partial charge on any atom is -0.480 e. The van der Waals surface area contributed by atoms with E-state index < -0.39 is 23.6 Å². The SMILES string of the molecule is CC(NC(=O)N(C)C(C)(C)CO)C(=O)O. The van der Waals surface area contributed by atoms with E-state index in [9.17, 15) is 9.59 Å². The highest BCUT2D eigenvalue weighted by Gasteiger charge is 2.28. The van der Waals surface area contributed by atoms with Crippen molar-refractivity contribution in [3.63, 3.8) is 0 Å². The highest BCUT2D eigenvalue weighted by Crippen LogP contribution is 2.10. The number of carboxylic acid groups (broad SMARTS) is 1. The number of hydrogen-bond donors (Lipinski definition) is 3. The van der Waals surface area contributed by atoms with Gasteiger partial charge in [-0.15, -0.1) is 0 Å². The molecule has 0 aromatic rings. The molecule has 0 fully saturated rings. The number of aliphatic hydroxyl groups is 1. The first-order chi connectivity index (χ1) is 6.72. The molecule has 6 nitrogen and oxygen atoms in total. The molecule has 0 saturated heterocycles. The van der Waals surface area contributed by atoms with Crippen LogP contribution in [0.5, 0.6) is 0 Å². The first-order valence-electron chi connectivity index (χ1n) is 4.60. The summed E-state index contributed by atoms with van der Waals surface area (Å²) >= 11 is 0. The van der Waals surface area contributed by atoms with Gasteiger partial charge in [-0.05, 0) is 20.8 Å². The molecular weight excluding hydrogens is 200 g/mol. The topological polar surface area (TPSA) is 89.9 Å². The van der Waals surface area contributed by atoms with Crippen LogP contribution in [0.4, 0.5) is 4.79 Å². The molecule has 1 unspecified atom stereocenters. The van der Waals surface area contributed by atoms with Gasteiger partial charge < -0.3 is 20.4 Å². The molecule has 0 aromatic carbocycles. The largest absolute Gasteiger partial charge is 0.480 e. The minimum atomic E-state index is -1.10. The summed E-state index contributed by atoms with van der Waals surface area (Å²) in [6, 6.07) is -1.47. The lowest BCUT2D eigenvalue weighted by molar-refractivity contribution is -0.138. The first kappa shape index (κ1) is 13.7. The molecule has 6 heteroatoms. The van der Waals surface area contributed by atoms with E-state index in [1.165, 1.54) is 18.9 Å². The van der Waals surface area contributed by atoms with Gasteiger partial charge in [0.05, 0.1) is 12.1 Å². The van der Waals surface area contributed by atoms with E-state index in [4.69, 9.17) is 10.2 Å². The van der Waals surface area contributed by atoms with Gasteiger partial charge in [-0.1, -0.05) is 0 Å². The summed E-state index contributed by atoms with van der Waals surface area (Å²) in [6.07, 6.45) is 0. The van der Waals surface area contributed by atoms with Gasteiger partial charge in [-0.2, -0.15) is 0 Å². The quantitative estimate of drug-likeness (QED) is 0.613. The molecule has 0 aliphatic heterocycles. The number of likely N-dealkylation sites (N-methyl/N-ethyl adjacent to an activating group) is 1. The van der Waals surface area contributed by atoms with Crippen LogP contribution in [0.2, 0.25) is 0 Å². The molecule has 0 bridgehead atoms. The van der Waals surface area contributed by atoms with Crippen LogP contribution in [0.25, 0.3) is 0 Å². The number of urea groups is 1. The third kappa shape index (κ3) is 3.75. The highest BCUT2D eigenvalue weighted by atomic mass is 16.4. The number of carbonyl (C=O) groups is 2. The molecule has 1 atom stereocenters. The zero-order chi connectivity index (χ0) is 12.2. The molecule has 15 heavy (non-hydrogen) atoms. The van der Waals surface area contributed by atoms with Gasteiger partial charge in [-0.3, -0.25) is 4.79 Å². The summed E-state index contributed by atoms with van der Waals surface area (Å²) in [4.78, 5) is 23.3. The maximum atomic E-state index is 11.5. The van der Waals surface area contributed by atoms with Crippen molar-refractivity contribution in [3.8, 4) is 0 Å². The maximum absolute atomic E-state index is 11.5. The number of hydrogen-bond acceptors (Lipinski definition) is 3. The number of aliphatic carboxylic acids is 1. The first-order valence-corrected chi connectivity index (χ1v) is 4.60. The maximum Gasteiger partial charge on any atom is 0.325 e. The van der Waals surface area contributed by atoms with Gasteiger partial charge in [0.1, 0.15) is 6.04 Å². The molecule has 0 aliphatic rings. The van der Waals surface area contributed by atoms with E-state index in [1.807, 2.05) is 0 Å². The van der Waals surface area contributed by atoms with Crippen LogP contribution in [0.3, 0.4) is 0 Å². The average molecular weight is 218 g/mol. The van der Waals surface area contributed by atoms with Gasteiger partial charge in [0, 0.05) is 7.05 Å². The van der Waals surface area contributed by atoms with Gasteiger partial charge in [0.25, 0.3) is 0 Å². The van der Waals surface area contributed by atoms with E-state index in [-0.39, 0.29) is 6.61 Å². The summed E-state index contributed by atoms with van der Waals surface area (Å²) in [5.74, 6) is -1.10. The number of rotatable bonds is 4. The normalized spacial score (nSPS) is 13.1. The monoisotopic (exact) mass is 218 g/mol. The molecule has 0 aliphatic carbocycles. The second-order valence-electron chi connectivity index (χ2n) is 4.04. The van der Waals surface area contributed by atoms with Crippen LogP contribution in [-0.4, -0.2) is 52.3 Å². The van der Waals surface area contributed by atoms with Crippen LogP contribution in [-0.2, 0) is 4.79 Å². The van der Waals surface area contributed by atoms with Crippen molar-refractivity contribution in [1.29, 1.82) is 0 Å². The highest BCUT2D eigenvalue weighted by molar-refractivity contribution is 5.82. The molecule has 3 N–H and O–H groups in total. The standard InChI is InChI=1S/C9H18N2O4/c1-6(7(13)14)10-8(15)11(4)9(2,3)5-12/h6,12H,5H2,1-4H3,(H,10,15)(H,13,14). The lowest BCUT2D eigenvalue weighted by atomic mass is 10.1. The van der Waals surface area contributed by atoms with E-state index in [1.54, 1.807) is 13.8 Å². The second-order valence-corrected chi connectivity index (χ2v) is 4.04. The fourth-order valence-electron chi connectivity index (χ4n) is 0.725. The Morgan fingerprint density at radius 1 is 1.47 bits per heavy atom. The van der Waals surface area contributed by atoms with E-state index in [0.29, 0.717) is 0 Å². The van der Waals surface area contributed by atoms with Crippen molar-refractivity contribution < 1.29 is 19.8 Å². The Bertz CT molecular complexity index is 252. The molecule has 0 radical (unpaired) electrons. The third-order valence-electron chi connectivity index (χ3n) is 2.31. The zero-order valence-electron chi connectivity index (χ0n) is 9.44. The van der Waals surface area contributed by atoms with E-state index in [0.717, 1.165) is 0 Å². The molecule has 2 amide bonds. The van der Waals surface area contributed by atoms with Crippen LogP contribution in [0, 0.1) is 0 Å². The van der Waals surface area contributed by atoms with E-state index >= 15 is 0 Å². The van der Waals surface area contributed by atoms with Crippen molar-refractivity contribution in [2.24, 2.45) is 0 Å². The smallest absolute Gasteiger partial charge is 0.325 e. The molecule has 0 heterocycles. The predicted molar refractivity (Wildman–Crippen MR) is 54.6 cm³/mol. The number of nitrogens with zero attached hydrogens (tertiary/aromatic N) is 1. The van der Waals surface area contributed by atoms with Crippen LogP contribution in [0.15, 0.2) is 0 Å².